The second kappa shape index (κ2) is 6.37. The van der Waals surface area contributed by atoms with Gasteiger partial charge >= 0.3 is 0 Å². The van der Waals surface area contributed by atoms with Gasteiger partial charge in [0.2, 0.25) is 0 Å². The topological polar surface area (TPSA) is 81.5 Å². The maximum Gasteiger partial charge on any atom is 0.273 e. The van der Waals surface area contributed by atoms with Crippen LogP contribution in [0.3, 0.4) is 0 Å². The number of nitro benzene ring substituents is 1. The van der Waals surface area contributed by atoms with Crippen LogP contribution in [0.2, 0.25) is 0 Å². The summed E-state index contributed by atoms with van der Waals surface area (Å²) < 4.78 is 5.12. The number of nitro groups is 1. The van der Waals surface area contributed by atoms with Gasteiger partial charge in [-0.1, -0.05) is 30.3 Å². The van der Waals surface area contributed by atoms with E-state index in [1.54, 1.807) is 12.1 Å². The lowest BCUT2D eigenvalue weighted by molar-refractivity contribution is -0.384. The smallest absolute Gasteiger partial charge is 0.273 e. The number of nitrogens with zero attached hydrogens (tertiary/aromatic N) is 1. The first-order valence-corrected chi connectivity index (χ1v) is 7.21. The van der Waals surface area contributed by atoms with Crippen LogP contribution < -0.4 is 10.1 Å². The van der Waals surface area contributed by atoms with E-state index in [2.05, 4.69) is 5.32 Å². The van der Waals surface area contributed by atoms with Crippen molar-refractivity contribution < 1.29 is 14.5 Å². The number of amides is 1. The average molecular weight is 322 g/mol. The van der Waals surface area contributed by atoms with E-state index in [1.165, 1.54) is 25.3 Å². The Labute approximate surface area is 137 Å². The third kappa shape index (κ3) is 3.03. The number of carbonyl (C=O) groups excluding carboxylic acids is 1. The first kappa shape index (κ1) is 15.5. The van der Waals surface area contributed by atoms with E-state index in [9.17, 15) is 14.9 Å². The summed E-state index contributed by atoms with van der Waals surface area (Å²) in [5.41, 5.74) is 0.769. The minimum atomic E-state index is -0.516. The van der Waals surface area contributed by atoms with Crippen molar-refractivity contribution >= 4 is 28.1 Å². The predicted octanol–water partition coefficient (Wildman–Crippen LogP) is 4.01. The number of hydrogen-bond acceptors (Lipinski definition) is 4. The first-order valence-electron chi connectivity index (χ1n) is 7.21. The van der Waals surface area contributed by atoms with E-state index in [4.69, 9.17) is 4.74 Å². The normalized spacial score (nSPS) is 10.4. The average Bonchev–Trinajstić information content (AvgIpc) is 2.61. The number of anilines is 1. The van der Waals surface area contributed by atoms with Crippen LogP contribution in [0.1, 0.15) is 10.4 Å². The summed E-state index contributed by atoms with van der Waals surface area (Å²) in [6, 6.07) is 17.2. The number of rotatable bonds is 4. The highest BCUT2D eigenvalue weighted by atomic mass is 16.6. The van der Waals surface area contributed by atoms with Gasteiger partial charge in [-0.15, -0.1) is 0 Å². The third-order valence-electron chi connectivity index (χ3n) is 3.66. The lowest BCUT2D eigenvalue weighted by Gasteiger charge is -2.10. The monoisotopic (exact) mass is 322 g/mol. The summed E-state index contributed by atoms with van der Waals surface area (Å²) in [7, 11) is 1.39. The van der Waals surface area contributed by atoms with Gasteiger partial charge in [0.15, 0.2) is 0 Å². The summed E-state index contributed by atoms with van der Waals surface area (Å²) in [4.78, 5) is 22.7. The predicted molar refractivity (Wildman–Crippen MR) is 91.5 cm³/mol. The highest BCUT2D eigenvalue weighted by Gasteiger charge is 2.14. The molecule has 0 spiro atoms. The highest BCUT2D eigenvalue weighted by molar-refractivity contribution is 6.07. The fourth-order valence-corrected chi connectivity index (χ4v) is 2.42. The zero-order valence-corrected chi connectivity index (χ0v) is 12.9. The number of nitrogens with one attached hydrogen (secondary N) is 1. The number of fused-ring (bicyclic) bond motifs is 1. The number of hydrogen-bond donors (Lipinski definition) is 1. The van der Waals surface area contributed by atoms with Gasteiger partial charge in [-0.2, -0.15) is 0 Å². The van der Waals surface area contributed by atoms with Gasteiger partial charge in [-0.25, -0.2) is 0 Å². The maximum atomic E-state index is 12.4. The van der Waals surface area contributed by atoms with Crippen LogP contribution in [0, 0.1) is 10.1 Å². The zero-order valence-electron chi connectivity index (χ0n) is 12.9. The molecular formula is C18H14N2O4. The molecule has 1 amide bonds. The summed E-state index contributed by atoms with van der Waals surface area (Å²) >= 11 is 0. The highest BCUT2D eigenvalue weighted by Crippen LogP contribution is 2.29. The molecule has 3 aromatic carbocycles. The van der Waals surface area contributed by atoms with Gasteiger partial charge in [0.05, 0.1) is 23.8 Å². The summed E-state index contributed by atoms with van der Waals surface area (Å²) in [6.45, 7) is 0. The molecule has 120 valence electrons. The Morgan fingerprint density at radius 3 is 2.50 bits per heavy atom. The van der Waals surface area contributed by atoms with Crippen molar-refractivity contribution in [3.8, 4) is 5.75 Å². The van der Waals surface area contributed by atoms with Crippen LogP contribution in [0.15, 0.2) is 60.7 Å². The van der Waals surface area contributed by atoms with Gasteiger partial charge in [-0.3, -0.25) is 14.9 Å². The van der Waals surface area contributed by atoms with Gasteiger partial charge in [0.1, 0.15) is 5.75 Å². The van der Waals surface area contributed by atoms with Crippen LogP contribution >= 0.6 is 0 Å². The molecule has 0 aliphatic rings. The van der Waals surface area contributed by atoms with Gasteiger partial charge in [0.25, 0.3) is 11.6 Å². The van der Waals surface area contributed by atoms with E-state index < -0.39 is 4.92 Å². The Hall–Kier alpha value is -3.41. The lowest BCUT2D eigenvalue weighted by Crippen LogP contribution is -2.12. The standard InChI is InChI=1S/C18H14N2O4/c1-24-17-11-15(20(22)23)8-9-16(17)19-18(21)14-7-6-12-4-2-3-5-13(12)10-14/h2-11H,1H3,(H,19,21). The molecule has 6 heteroatoms. The third-order valence-corrected chi connectivity index (χ3v) is 3.66. The molecule has 0 saturated heterocycles. The molecule has 0 saturated carbocycles. The maximum absolute atomic E-state index is 12.4. The summed E-state index contributed by atoms with van der Waals surface area (Å²) in [5, 5.41) is 15.5. The first-order chi connectivity index (χ1) is 11.6. The van der Waals surface area contributed by atoms with Crippen LogP contribution in [-0.2, 0) is 0 Å². The quantitative estimate of drug-likeness (QED) is 0.581. The molecule has 0 aliphatic carbocycles. The van der Waals surface area contributed by atoms with Crippen molar-refractivity contribution in [1.29, 1.82) is 0 Å². The van der Waals surface area contributed by atoms with E-state index in [0.29, 0.717) is 11.3 Å². The molecule has 1 N–H and O–H groups in total. The Morgan fingerprint density at radius 1 is 1.04 bits per heavy atom. The number of non-ortho nitro benzene ring substituents is 1. The molecule has 0 unspecified atom stereocenters. The van der Waals surface area contributed by atoms with Crippen molar-refractivity contribution in [2.24, 2.45) is 0 Å². The van der Waals surface area contributed by atoms with Crippen LogP contribution in [-0.4, -0.2) is 17.9 Å². The molecule has 6 nitrogen and oxygen atoms in total. The van der Waals surface area contributed by atoms with E-state index >= 15 is 0 Å². The molecule has 0 radical (unpaired) electrons. The van der Waals surface area contributed by atoms with Crippen molar-refractivity contribution in [1.82, 2.24) is 0 Å². The van der Waals surface area contributed by atoms with Crippen LogP contribution in [0.5, 0.6) is 5.75 Å². The Morgan fingerprint density at radius 2 is 1.79 bits per heavy atom. The Balaban J connectivity index is 1.89. The van der Waals surface area contributed by atoms with E-state index in [0.717, 1.165) is 10.8 Å². The minimum absolute atomic E-state index is 0.101. The zero-order chi connectivity index (χ0) is 17.1. The van der Waals surface area contributed by atoms with Crippen molar-refractivity contribution in [2.45, 2.75) is 0 Å². The Bertz CT molecular complexity index is 937. The SMILES string of the molecule is COc1cc([N+](=O)[O-])ccc1NC(=O)c1ccc2ccccc2c1. The molecule has 24 heavy (non-hydrogen) atoms. The number of ether oxygens (including phenoxy) is 1. The number of carbonyl (C=O) groups is 1. The molecule has 3 aromatic rings. The Kier molecular flexibility index (Phi) is 4.11. The summed E-state index contributed by atoms with van der Waals surface area (Å²) in [6.07, 6.45) is 0. The minimum Gasteiger partial charge on any atom is -0.494 e. The molecule has 0 heterocycles. The van der Waals surface area contributed by atoms with Gasteiger partial charge in [0, 0.05) is 11.6 Å². The molecule has 0 aliphatic heterocycles. The largest absolute Gasteiger partial charge is 0.494 e. The lowest BCUT2D eigenvalue weighted by atomic mass is 10.1. The number of methoxy groups -OCH3 is 1. The van der Waals surface area contributed by atoms with E-state index in [-0.39, 0.29) is 17.3 Å². The van der Waals surface area contributed by atoms with Gasteiger partial charge in [-0.05, 0) is 29.0 Å². The van der Waals surface area contributed by atoms with Crippen molar-refractivity contribution in [3.05, 3.63) is 76.3 Å². The molecule has 0 bridgehead atoms. The fraction of sp³-hybridized carbons (Fsp3) is 0.0556. The molecular weight excluding hydrogens is 308 g/mol. The van der Waals surface area contributed by atoms with E-state index in [1.807, 2.05) is 30.3 Å². The second-order valence-corrected chi connectivity index (χ2v) is 5.16. The number of benzene rings is 3. The van der Waals surface area contributed by atoms with Gasteiger partial charge < -0.3 is 10.1 Å². The molecule has 0 atom stereocenters. The van der Waals surface area contributed by atoms with Crippen molar-refractivity contribution in [3.63, 3.8) is 0 Å². The molecule has 0 fully saturated rings. The summed E-state index contributed by atoms with van der Waals surface area (Å²) in [5.74, 6) is -0.0776. The van der Waals surface area contributed by atoms with Crippen LogP contribution in [0.4, 0.5) is 11.4 Å². The fourth-order valence-electron chi connectivity index (χ4n) is 2.42. The van der Waals surface area contributed by atoms with Crippen LogP contribution in [0.25, 0.3) is 10.8 Å². The second-order valence-electron chi connectivity index (χ2n) is 5.16. The molecule has 0 aromatic heterocycles. The van der Waals surface area contributed by atoms with Crippen molar-refractivity contribution in [2.75, 3.05) is 12.4 Å². The molecule has 3 rings (SSSR count).